The SMILES string of the molecule is C[C@H](CCl)COc1ccc(C(C)(C)c2ccc(OC[C@H](O)Cn3nncc3CO)cc2)cc1Cl. The highest BCUT2D eigenvalue weighted by Gasteiger charge is 2.24. The van der Waals surface area contributed by atoms with Crippen LogP contribution in [0.2, 0.25) is 5.02 Å². The molecule has 0 bridgehead atoms. The van der Waals surface area contributed by atoms with Crippen LogP contribution in [0.25, 0.3) is 0 Å². The van der Waals surface area contributed by atoms with Crippen molar-refractivity contribution < 1.29 is 19.7 Å². The van der Waals surface area contributed by atoms with Crippen LogP contribution in [0.4, 0.5) is 0 Å². The predicted molar refractivity (Wildman–Crippen MR) is 133 cm³/mol. The molecule has 0 radical (unpaired) electrons. The van der Waals surface area contributed by atoms with Crippen LogP contribution in [-0.2, 0) is 18.6 Å². The first-order valence-corrected chi connectivity index (χ1v) is 12.0. The van der Waals surface area contributed by atoms with Gasteiger partial charge in [0.15, 0.2) is 0 Å². The summed E-state index contributed by atoms with van der Waals surface area (Å²) in [6.45, 7) is 6.89. The zero-order chi connectivity index (χ0) is 24.7. The number of hydrogen-bond donors (Lipinski definition) is 2. The topological polar surface area (TPSA) is 89.6 Å². The van der Waals surface area contributed by atoms with Crippen LogP contribution in [-0.4, -0.2) is 50.4 Å². The van der Waals surface area contributed by atoms with Crippen LogP contribution >= 0.6 is 23.2 Å². The molecule has 3 rings (SSSR count). The molecule has 7 nitrogen and oxygen atoms in total. The molecule has 184 valence electrons. The van der Waals surface area contributed by atoms with E-state index in [2.05, 4.69) is 24.2 Å². The van der Waals surface area contributed by atoms with Gasteiger partial charge in [-0.15, -0.1) is 16.7 Å². The highest BCUT2D eigenvalue weighted by molar-refractivity contribution is 6.32. The normalized spacial score (nSPS) is 13.5. The Labute approximate surface area is 210 Å². The molecule has 0 saturated heterocycles. The largest absolute Gasteiger partial charge is 0.492 e. The minimum Gasteiger partial charge on any atom is -0.492 e. The monoisotopic (exact) mass is 507 g/mol. The molecule has 1 heterocycles. The van der Waals surface area contributed by atoms with Gasteiger partial charge in [0, 0.05) is 17.2 Å². The van der Waals surface area contributed by atoms with Crippen molar-refractivity contribution in [3.63, 3.8) is 0 Å². The van der Waals surface area contributed by atoms with E-state index in [-0.39, 0.29) is 31.1 Å². The molecule has 2 atom stereocenters. The number of aliphatic hydroxyl groups excluding tert-OH is 2. The lowest BCUT2D eigenvalue weighted by atomic mass is 9.78. The van der Waals surface area contributed by atoms with E-state index in [1.807, 2.05) is 49.4 Å². The summed E-state index contributed by atoms with van der Waals surface area (Å²) >= 11 is 12.3. The van der Waals surface area contributed by atoms with Crippen molar-refractivity contribution >= 4 is 23.2 Å². The van der Waals surface area contributed by atoms with Crippen LogP contribution in [0.1, 0.15) is 37.6 Å². The Kier molecular flexibility index (Phi) is 9.19. The highest BCUT2D eigenvalue weighted by Crippen LogP contribution is 2.36. The van der Waals surface area contributed by atoms with Crippen molar-refractivity contribution in [3.05, 3.63) is 70.5 Å². The molecule has 0 unspecified atom stereocenters. The van der Waals surface area contributed by atoms with E-state index in [9.17, 15) is 10.2 Å². The molecule has 3 aromatic rings. The Hall–Kier alpha value is -2.32. The maximum absolute atomic E-state index is 10.2. The van der Waals surface area contributed by atoms with Gasteiger partial charge < -0.3 is 19.7 Å². The summed E-state index contributed by atoms with van der Waals surface area (Å²) in [7, 11) is 0. The Morgan fingerprint density at radius 2 is 1.76 bits per heavy atom. The van der Waals surface area contributed by atoms with Crippen LogP contribution in [0, 0.1) is 5.92 Å². The number of hydrogen-bond acceptors (Lipinski definition) is 6. The molecule has 2 N–H and O–H groups in total. The highest BCUT2D eigenvalue weighted by atomic mass is 35.5. The van der Waals surface area contributed by atoms with E-state index >= 15 is 0 Å². The number of nitrogens with zero attached hydrogens (tertiary/aromatic N) is 3. The Morgan fingerprint density at radius 3 is 2.41 bits per heavy atom. The Balaban J connectivity index is 1.61. The lowest BCUT2D eigenvalue weighted by molar-refractivity contribution is 0.0866. The number of benzene rings is 2. The second-order valence-corrected chi connectivity index (χ2v) is 9.61. The third-order valence-electron chi connectivity index (χ3n) is 5.70. The maximum atomic E-state index is 10.2. The first kappa shape index (κ1) is 26.3. The first-order valence-electron chi connectivity index (χ1n) is 11.1. The van der Waals surface area contributed by atoms with E-state index in [1.165, 1.54) is 10.9 Å². The van der Waals surface area contributed by atoms with Gasteiger partial charge in [-0.05, 0) is 35.4 Å². The van der Waals surface area contributed by atoms with Gasteiger partial charge in [0.05, 0.1) is 36.7 Å². The third kappa shape index (κ3) is 6.63. The van der Waals surface area contributed by atoms with E-state index in [4.69, 9.17) is 32.7 Å². The number of aromatic nitrogens is 3. The molecule has 1 aromatic heterocycles. The molecular formula is C25H31Cl2N3O4. The molecule has 0 amide bonds. The van der Waals surface area contributed by atoms with Crippen LogP contribution in [0.3, 0.4) is 0 Å². The lowest BCUT2D eigenvalue weighted by Crippen LogP contribution is -2.25. The predicted octanol–water partition coefficient (Wildman–Crippen LogP) is 4.44. The van der Waals surface area contributed by atoms with Gasteiger partial charge in [0.2, 0.25) is 0 Å². The molecule has 0 aliphatic carbocycles. The summed E-state index contributed by atoms with van der Waals surface area (Å²) in [5, 5.41) is 27.6. The van der Waals surface area contributed by atoms with Gasteiger partial charge in [0.25, 0.3) is 0 Å². The smallest absolute Gasteiger partial charge is 0.137 e. The average Bonchev–Trinajstić information content (AvgIpc) is 3.28. The lowest BCUT2D eigenvalue weighted by Gasteiger charge is -2.27. The summed E-state index contributed by atoms with van der Waals surface area (Å²) in [5.74, 6) is 2.08. The average molecular weight is 508 g/mol. The summed E-state index contributed by atoms with van der Waals surface area (Å²) < 4.78 is 13.0. The Morgan fingerprint density at radius 1 is 1.06 bits per heavy atom. The second-order valence-electron chi connectivity index (χ2n) is 8.90. The van der Waals surface area contributed by atoms with E-state index in [0.29, 0.717) is 34.7 Å². The summed E-state index contributed by atoms with van der Waals surface area (Å²) in [4.78, 5) is 0. The van der Waals surface area contributed by atoms with Crippen molar-refractivity contribution in [2.45, 2.75) is 45.4 Å². The van der Waals surface area contributed by atoms with Crippen LogP contribution in [0.15, 0.2) is 48.7 Å². The van der Waals surface area contributed by atoms with Crippen molar-refractivity contribution in [1.82, 2.24) is 15.0 Å². The molecule has 0 fully saturated rings. The summed E-state index contributed by atoms with van der Waals surface area (Å²) in [6, 6.07) is 13.6. The molecule has 0 aliphatic heterocycles. The molecule has 9 heteroatoms. The van der Waals surface area contributed by atoms with Crippen molar-refractivity contribution in [1.29, 1.82) is 0 Å². The molecular weight excluding hydrogens is 477 g/mol. The minimum atomic E-state index is -0.793. The number of aliphatic hydroxyl groups is 2. The zero-order valence-electron chi connectivity index (χ0n) is 19.6. The fourth-order valence-electron chi connectivity index (χ4n) is 3.42. The summed E-state index contributed by atoms with van der Waals surface area (Å²) in [6.07, 6.45) is 0.669. The van der Waals surface area contributed by atoms with Gasteiger partial charge >= 0.3 is 0 Å². The fraction of sp³-hybridized carbons (Fsp3) is 0.440. The Bertz CT molecular complexity index is 1060. The van der Waals surface area contributed by atoms with Gasteiger partial charge in [-0.3, -0.25) is 0 Å². The van der Waals surface area contributed by atoms with Gasteiger partial charge in [0.1, 0.15) is 24.2 Å². The zero-order valence-corrected chi connectivity index (χ0v) is 21.1. The molecule has 34 heavy (non-hydrogen) atoms. The minimum absolute atomic E-state index is 0.0902. The molecule has 0 aliphatic rings. The molecule has 0 spiro atoms. The number of rotatable bonds is 12. The van der Waals surface area contributed by atoms with E-state index in [1.54, 1.807) is 0 Å². The molecule has 2 aromatic carbocycles. The van der Waals surface area contributed by atoms with Crippen LogP contribution in [0.5, 0.6) is 11.5 Å². The van der Waals surface area contributed by atoms with Crippen molar-refractivity contribution in [2.24, 2.45) is 5.92 Å². The first-order chi connectivity index (χ1) is 16.2. The fourth-order valence-corrected chi connectivity index (χ4v) is 3.74. The number of ether oxygens (including phenoxy) is 2. The van der Waals surface area contributed by atoms with Crippen molar-refractivity contribution in [2.75, 3.05) is 19.1 Å². The molecule has 0 saturated carbocycles. The maximum Gasteiger partial charge on any atom is 0.137 e. The quantitative estimate of drug-likeness (QED) is 0.352. The number of halogens is 2. The van der Waals surface area contributed by atoms with Crippen LogP contribution < -0.4 is 9.47 Å². The van der Waals surface area contributed by atoms with Gasteiger partial charge in [-0.1, -0.05) is 55.8 Å². The van der Waals surface area contributed by atoms with Crippen molar-refractivity contribution in [3.8, 4) is 11.5 Å². The van der Waals surface area contributed by atoms with Gasteiger partial charge in [-0.2, -0.15) is 0 Å². The van der Waals surface area contributed by atoms with E-state index < -0.39 is 6.10 Å². The third-order valence-corrected chi connectivity index (χ3v) is 6.52. The van der Waals surface area contributed by atoms with E-state index in [0.717, 1.165) is 11.1 Å². The second kappa shape index (κ2) is 11.9. The van der Waals surface area contributed by atoms with Gasteiger partial charge in [-0.25, -0.2) is 4.68 Å². The standard InChI is InChI=1S/C25H31Cl2N3O4/c1-17(11-26)15-34-24-9-6-19(10-23(24)27)25(2,3)18-4-7-22(8-5-18)33-16-21(32)13-30-20(14-31)12-28-29-30/h4-10,12,17,21,31-32H,11,13-16H2,1-3H3/t17-,21-/m1/s1. The number of alkyl halides is 1. The summed E-state index contributed by atoms with van der Waals surface area (Å²) in [5.41, 5.74) is 2.40.